The smallest absolute Gasteiger partial charge is 0.260 e. The lowest BCUT2D eigenvalue weighted by molar-refractivity contribution is -0.135. The monoisotopic (exact) mass is 437 g/mol. The number of benzene rings is 1. The zero-order valence-electron chi connectivity index (χ0n) is 17.9. The molecule has 1 aliphatic rings. The fraction of sp³-hybridized carbons (Fsp3) is 0.391. The van der Waals surface area contributed by atoms with Crippen LogP contribution in [0.1, 0.15) is 29.2 Å². The van der Waals surface area contributed by atoms with Crippen LogP contribution in [0.4, 0.5) is 10.9 Å². The number of hydrogen-bond donors (Lipinski definition) is 1. The minimum Gasteiger partial charge on any atom is -0.484 e. The molecule has 31 heavy (non-hydrogen) atoms. The highest BCUT2D eigenvalue weighted by Gasteiger charge is 2.24. The fourth-order valence-corrected chi connectivity index (χ4v) is 4.50. The van der Waals surface area contributed by atoms with E-state index in [-0.39, 0.29) is 12.5 Å². The maximum atomic E-state index is 12.6. The molecule has 1 unspecified atom stereocenters. The maximum absolute atomic E-state index is 12.6. The summed E-state index contributed by atoms with van der Waals surface area (Å²) in [4.78, 5) is 29.2. The Balaban J connectivity index is 1.35. The quantitative estimate of drug-likeness (QED) is 0.598. The van der Waals surface area contributed by atoms with E-state index in [4.69, 9.17) is 4.74 Å². The van der Waals surface area contributed by atoms with Crippen molar-refractivity contribution in [3.63, 3.8) is 0 Å². The number of carbonyl (C=O) groups excluding carboxylic acids is 1. The van der Waals surface area contributed by atoms with Crippen LogP contribution in [-0.4, -0.2) is 45.5 Å². The number of thiazole rings is 1. The summed E-state index contributed by atoms with van der Waals surface area (Å²) >= 11 is 1.60. The predicted octanol–water partition coefficient (Wildman–Crippen LogP) is 4.15. The van der Waals surface area contributed by atoms with E-state index in [0.717, 1.165) is 65.4 Å². The molecule has 0 radical (unpaired) electrons. The molecule has 3 aromatic rings. The summed E-state index contributed by atoms with van der Waals surface area (Å²) in [7, 11) is 0. The van der Waals surface area contributed by atoms with Crippen LogP contribution in [0.5, 0.6) is 5.75 Å². The van der Waals surface area contributed by atoms with E-state index in [2.05, 4.69) is 20.3 Å². The van der Waals surface area contributed by atoms with Crippen LogP contribution in [0.15, 0.2) is 42.6 Å². The molecule has 1 fully saturated rings. The molecule has 1 amide bonds. The van der Waals surface area contributed by atoms with Gasteiger partial charge in [-0.15, -0.1) is 11.3 Å². The van der Waals surface area contributed by atoms with E-state index < -0.39 is 0 Å². The second-order valence-corrected chi connectivity index (χ2v) is 9.08. The van der Waals surface area contributed by atoms with Crippen molar-refractivity contribution in [3.05, 3.63) is 59.0 Å². The van der Waals surface area contributed by atoms with Crippen LogP contribution in [0.2, 0.25) is 0 Å². The van der Waals surface area contributed by atoms with E-state index in [1.165, 1.54) is 0 Å². The Kier molecular flexibility index (Phi) is 6.76. The molecule has 1 aliphatic heterocycles. The zero-order chi connectivity index (χ0) is 21.6. The summed E-state index contributed by atoms with van der Waals surface area (Å²) < 4.78 is 5.64. The number of ether oxygens (including phenoxy) is 1. The van der Waals surface area contributed by atoms with Gasteiger partial charge >= 0.3 is 0 Å². The Morgan fingerprint density at radius 2 is 2.10 bits per heavy atom. The Hall–Kier alpha value is -3.00. The van der Waals surface area contributed by atoms with Gasteiger partial charge in [0.2, 0.25) is 0 Å². The summed E-state index contributed by atoms with van der Waals surface area (Å²) in [5.41, 5.74) is 0.989. The second-order valence-electron chi connectivity index (χ2n) is 7.85. The molecule has 1 saturated heterocycles. The van der Waals surface area contributed by atoms with Crippen molar-refractivity contribution in [2.75, 3.05) is 25.0 Å². The molecule has 3 heterocycles. The zero-order valence-corrected chi connectivity index (χ0v) is 18.7. The number of amides is 1. The Morgan fingerprint density at radius 3 is 2.87 bits per heavy atom. The number of piperidine rings is 1. The van der Waals surface area contributed by atoms with Crippen molar-refractivity contribution in [3.8, 4) is 5.75 Å². The minimum absolute atomic E-state index is 0.0360. The fourth-order valence-electron chi connectivity index (χ4n) is 3.83. The van der Waals surface area contributed by atoms with Crippen LogP contribution in [-0.2, 0) is 11.2 Å². The number of para-hydroxylation sites is 1. The summed E-state index contributed by atoms with van der Waals surface area (Å²) in [6, 6.07) is 11.4. The lowest BCUT2D eigenvalue weighted by Crippen LogP contribution is -2.42. The van der Waals surface area contributed by atoms with Gasteiger partial charge in [-0.1, -0.05) is 18.2 Å². The Bertz CT molecular complexity index is 1020. The molecule has 2 aromatic heterocycles. The van der Waals surface area contributed by atoms with Crippen molar-refractivity contribution >= 4 is 28.2 Å². The molecule has 162 valence electrons. The first-order valence-electron chi connectivity index (χ1n) is 10.5. The van der Waals surface area contributed by atoms with Crippen molar-refractivity contribution in [1.82, 2.24) is 19.9 Å². The number of nitrogens with zero attached hydrogens (tertiary/aromatic N) is 4. The topological polar surface area (TPSA) is 80.2 Å². The number of anilines is 2. The van der Waals surface area contributed by atoms with Gasteiger partial charge in [-0.05, 0) is 51.2 Å². The number of hydrogen-bond acceptors (Lipinski definition) is 7. The number of carbonyl (C=O) groups is 1. The maximum Gasteiger partial charge on any atom is 0.260 e. The lowest BCUT2D eigenvalue weighted by atomic mass is 9.93. The van der Waals surface area contributed by atoms with Crippen molar-refractivity contribution in [1.29, 1.82) is 0 Å². The number of aromatic nitrogens is 3. The number of likely N-dealkylation sites (tertiary alicyclic amines) is 1. The molecule has 4 rings (SSSR count). The highest BCUT2D eigenvalue weighted by Crippen LogP contribution is 2.24. The summed E-state index contributed by atoms with van der Waals surface area (Å²) in [6.07, 6.45) is 4.74. The Labute approximate surface area is 186 Å². The third-order valence-corrected chi connectivity index (χ3v) is 6.05. The first-order valence-corrected chi connectivity index (χ1v) is 11.4. The van der Waals surface area contributed by atoms with Crippen molar-refractivity contribution < 1.29 is 9.53 Å². The number of rotatable bonds is 7. The molecule has 0 spiro atoms. The largest absolute Gasteiger partial charge is 0.484 e. The van der Waals surface area contributed by atoms with E-state index in [0.29, 0.717) is 5.92 Å². The molecular formula is C23H27N5O2S. The third kappa shape index (κ3) is 6.01. The summed E-state index contributed by atoms with van der Waals surface area (Å²) in [6.45, 7) is 5.52. The predicted molar refractivity (Wildman–Crippen MR) is 122 cm³/mol. The van der Waals surface area contributed by atoms with E-state index in [1.807, 2.05) is 61.3 Å². The van der Waals surface area contributed by atoms with Crippen LogP contribution >= 0.6 is 11.3 Å². The van der Waals surface area contributed by atoms with Gasteiger partial charge in [-0.3, -0.25) is 4.79 Å². The van der Waals surface area contributed by atoms with E-state index in [9.17, 15) is 4.79 Å². The van der Waals surface area contributed by atoms with Gasteiger partial charge in [-0.2, -0.15) is 0 Å². The average Bonchev–Trinajstić information content (AvgIpc) is 3.17. The SMILES string of the molecule is Cc1nc(CC2CCCN(C(=O)COc3ccccc3)C2)cc(Nc2ncc(C)s2)n1. The molecular weight excluding hydrogens is 410 g/mol. The van der Waals surface area contributed by atoms with Crippen LogP contribution in [0, 0.1) is 19.8 Å². The normalized spacial score (nSPS) is 16.2. The first kappa shape index (κ1) is 21.2. The van der Waals surface area contributed by atoms with Gasteiger partial charge in [-0.25, -0.2) is 15.0 Å². The van der Waals surface area contributed by atoms with Crippen LogP contribution in [0.3, 0.4) is 0 Å². The highest BCUT2D eigenvalue weighted by atomic mass is 32.1. The molecule has 0 aliphatic carbocycles. The first-order chi connectivity index (χ1) is 15.0. The van der Waals surface area contributed by atoms with Crippen LogP contribution in [0.25, 0.3) is 0 Å². The average molecular weight is 438 g/mol. The molecule has 7 nitrogen and oxygen atoms in total. The van der Waals surface area contributed by atoms with Gasteiger partial charge in [0.25, 0.3) is 5.91 Å². The van der Waals surface area contributed by atoms with Gasteiger partial charge in [0.05, 0.1) is 0 Å². The second kappa shape index (κ2) is 9.87. The van der Waals surface area contributed by atoms with E-state index >= 15 is 0 Å². The molecule has 1 N–H and O–H groups in total. The van der Waals surface area contributed by atoms with Crippen LogP contribution < -0.4 is 10.1 Å². The summed E-state index contributed by atoms with van der Waals surface area (Å²) in [5, 5.41) is 4.11. The molecule has 1 atom stereocenters. The number of nitrogens with one attached hydrogen (secondary N) is 1. The molecule has 0 bridgehead atoms. The third-order valence-electron chi connectivity index (χ3n) is 5.22. The van der Waals surface area contributed by atoms with Gasteiger partial charge in [0, 0.05) is 35.9 Å². The van der Waals surface area contributed by atoms with E-state index in [1.54, 1.807) is 11.3 Å². The number of aryl methyl sites for hydroxylation is 2. The molecule has 1 aromatic carbocycles. The van der Waals surface area contributed by atoms with Crippen molar-refractivity contribution in [2.45, 2.75) is 33.1 Å². The lowest BCUT2D eigenvalue weighted by Gasteiger charge is -2.32. The van der Waals surface area contributed by atoms with Crippen molar-refractivity contribution in [2.24, 2.45) is 5.92 Å². The van der Waals surface area contributed by atoms with Gasteiger partial charge in [0.1, 0.15) is 17.4 Å². The minimum atomic E-state index is 0.0360. The van der Waals surface area contributed by atoms with Gasteiger partial charge in [0.15, 0.2) is 11.7 Å². The summed E-state index contributed by atoms with van der Waals surface area (Å²) in [5.74, 6) is 2.62. The molecule has 0 saturated carbocycles. The van der Waals surface area contributed by atoms with Gasteiger partial charge < -0.3 is 15.0 Å². The highest BCUT2D eigenvalue weighted by molar-refractivity contribution is 7.15. The Morgan fingerprint density at radius 1 is 1.26 bits per heavy atom. The molecule has 8 heteroatoms. The standard InChI is InChI=1S/C23H27N5O2S/c1-16-13-24-23(31-16)27-21-12-19(25-17(2)26-21)11-18-7-6-10-28(14-18)22(29)15-30-20-8-4-3-5-9-20/h3-5,8-9,12-13,18H,6-7,10-11,14-15H2,1-2H3,(H,24,25,26,27).